The highest BCUT2D eigenvalue weighted by Crippen LogP contribution is 2.38. The first-order valence-corrected chi connectivity index (χ1v) is 9.75. The highest BCUT2D eigenvalue weighted by Gasteiger charge is 2.21. The van der Waals surface area contributed by atoms with Gasteiger partial charge in [-0.2, -0.15) is 0 Å². The first kappa shape index (κ1) is 20.6. The molecule has 1 aliphatic rings. The zero-order chi connectivity index (χ0) is 22.0. The van der Waals surface area contributed by atoms with Gasteiger partial charge in [-0.1, -0.05) is 5.16 Å². The van der Waals surface area contributed by atoms with E-state index >= 15 is 0 Å². The van der Waals surface area contributed by atoms with Gasteiger partial charge in [0.15, 0.2) is 17.3 Å². The van der Waals surface area contributed by atoms with Crippen LogP contribution >= 0.6 is 0 Å². The Bertz CT molecular complexity index is 1080. The molecular weight excluding hydrogens is 402 g/mol. The molecule has 0 saturated heterocycles. The third-order valence-corrected chi connectivity index (χ3v) is 4.99. The topological polar surface area (TPSA) is 89.3 Å². The molecule has 0 saturated carbocycles. The third kappa shape index (κ3) is 4.14. The van der Waals surface area contributed by atoms with Crippen molar-refractivity contribution < 1.29 is 33.0 Å². The average molecular weight is 425 g/mol. The summed E-state index contributed by atoms with van der Waals surface area (Å²) >= 11 is 0. The molecule has 2 heterocycles. The second-order valence-corrected chi connectivity index (χ2v) is 7.13. The molecular formula is C23H23NO7. The van der Waals surface area contributed by atoms with Gasteiger partial charge in [-0.25, -0.2) is 4.79 Å². The zero-order valence-electron chi connectivity index (χ0n) is 17.8. The van der Waals surface area contributed by atoms with Crippen LogP contribution in [0.3, 0.4) is 0 Å². The van der Waals surface area contributed by atoms with Crippen LogP contribution in [0.15, 0.2) is 40.9 Å². The lowest BCUT2D eigenvalue weighted by molar-refractivity contribution is 0.0463. The summed E-state index contributed by atoms with van der Waals surface area (Å²) in [5, 5.41) is 4.01. The Balaban J connectivity index is 1.46. The lowest BCUT2D eigenvalue weighted by Gasteiger charge is -2.13. The van der Waals surface area contributed by atoms with Crippen LogP contribution in [0.25, 0.3) is 11.3 Å². The number of carbonyl (C=O) groups excluding carboxylic acids is 1. The van der Waals surface area contributed by atoms with Crippen molar-refractivity contribution in [2.45, 2.75) is 26.1 Å². The summed E-state index contributed by atoms with van der Waals surface area (Å²) in [4.78, 5) is 12.5. The summed E-state index contributed by atoms with van der Waals surface area (Å²) in [7, 11) is 4.46. The summed E-state index contributed by atoms with van der Waals surface area (Å²) < 4.78 is 32.4. The van der Waals surface area contributed by atoms with E-state index in [0.29, 0.717) is 28.7 Å². The molecule has 0 amide bonds. The van der Waals surface area contributed by atoms with Gasteiger partial charge >= 0.3 is 5.97 Å². The molecule has 31 heavy (non-hydrogen) atoms. The number of methoxy groups -OCH3 is 3. The first-order valence-electron chi connectivity index (χ1n) is 9.75. The standard InChI is InChI=1S/C23H23NO7/c1-13-7-15-8-14(5-6-18(15)30-13)19-11-17(24-31-19)12-29-23(25)16-9-20(26-2)22(28-4)21(10-16)27-3/h5-6,8-11,13H,7,12H2,1-4H3. The van der Waals surface area contributed by atoms with Gasteiger partial charge in [-0.05, 0) is 42.8 Å². The molecule has 0 bridgehead atoms. The summed E-state index contributed by atoms with van der Waals surface area (Å²) in [6.45, 7) is 2.00. The summed E-state index contributed by atoms with van der Waals surface area (Å²) in [5.74, 6) is 2.08. The summed E-state index contributed by atoms with van der Waals surface area (Å²) in [6.07, 6.45) is 1.03. The van der Waals surface area contributed by atoms with Crippen molar-refractivity contribution in [3.8, 4) is 34.3 Å². The molecule has 1 aliphatic heterocycles. The minimum Gasteiger partial charge on any atom is -0.493 e. The molecule has 1 aromatic heterocycles. The van der Waals surface area contributed by atoms with E-state index in [2.05, 4.69) is 5.16 Å². The highest BCUT2D eigenvalue weighted by molar-refractivity contribution is 5.91. The van der Waals surface area contributed by atoms with Crippen LogP contribution in [0.4, 0.5) is 0 Å². The molecule has 2 aromatic carbocycles. The van der Waals surface area contributed by atoms with Crippen LogP contribution in [0, 0.1) is 0 Å². The Kier molecular flexibility index (Phi) is 5.70. The van der Waals surface area contributed by atoms with Crippen LogP contribution in [0.5, 0.6) is 23.0 Å². The Morgan fingerprint density at radius 3 is 2.48 bits per heavy atom. The number of rotatable bonds is 7. The van der Waals surface area contributed by atoms with Gasteiger partial charge in [0.25, 0.3) is 0 Å². The van der Waals surface area contributed by atoms with E-state index < -0.39 is 5.97 Å². The summed E-state index contributed by atoms with van der Waals surface area (Å²) in [6, 6.07) is 10.7. The number of esters is 1. The van der Waals surface area contributed by atoms with Crippen molar-refractivity contribution in [2.75, 3.05) is 21.3 Å². The van der Waals surface area contributed by atoms with E-state index in [1.807, 2.05) is 25.1 Å². The molecule has 8 heteroatoms. The number of fused-ring (bicyclic) bond motifs is 1. The minimum atomic E-state index is -0.549. The molecule has 0 spiro atoms. The molecule has 0 N–H and O–H groups in total. The van der Waals surface area contributed by atoms with Crippen LogP contribution in [-0.4, -0.2) is 38.6 Å². The van der Waals surface area contributed by atoms with Crippen LogP contribution < -0.4 is 18.9 Å². The van der Waals surface area contributed by atoms with Gasteiger partial charge in [0.2, 0.25) is 5.75 Å². The quantitative estimate of drug-likeness (QED) is 0.524. The SMILES string of the molecule is COc1cc(C(=O)OCc2cc(-c3ccc4c(c3)CC(C)O4)on2)cc(OC)c1OC. The van der Waals surface area contributed by atoms with Gasteiger partial charge in [0, 0.05) is 18.1 Å². The van der Waals surface area contributed by atoms with Gasteiger partial charge in [-0.15, -0.1) is 0 Å². The van der Waals surface area contributed by atoms with E-state index in [0.717, 1.165) is 23.3 Å². The average Bonchev–Trinajstić information content (AvgIpc) is 3.41. The van der Waals surface area contributed by atoms with Crippen molar-refractivity contribution in [1.82, 2.24) is 5.16 Å². The third-order valence-electron chi connectivity index (χ3n) is 4.99. The van der Waals surface area contributed by atoms with Crippen molar-refractivity contribution in [1.29, 1.82) is 0 Å². The van der Waals surface area contributed by atoms with E-state index in [4.69, 9.17) is 28.2 Å². The number of nitrogens with zero attached hydrogens (tertiary/aromatic N) is 1. The molecule has 0 fully saturated rings. The van der Waals surface area contributed by atoms with Crippen LogP contribution in [-0.2, 0) is 17.8 Å². The molecule has 8 nitrogen and oxygen atoms in total. The molecule has 1 atom stereocenters. The second-order valence-electron chi connectivity index (χ2n) is 7.13. The number of hydrogen-bond acceptors (Lipinski definition) is 8. The van der Waals surface area contributed by atoms with Gasteiger partial charge < -0.3 is 28.2 Å². The lowest BCUT2D eigenvalue weighted by atomic mass is 10.1. The summed E-state index contributed by atoms with van der Waals surface area (Å²) in [5.41, 5.74) is 2.80. The van der Waals surface area contributed by atoms with Gasteiger partial charge in [0.1, 0.15) is 24.2 Å². The predicted octanol–water partition coefficient (Wildman–Crippen LogP) is 4.05. The number of hydrogen-bond donors (Lipinski definition) is 0. The molecule has 1 unspecified atom stereocenters. The van der Waals surface area contributed by atoms with Gasteiger partial charge in [0.05, 0.1) is 26.9 Å². The number of aromatic nitrogens is 1. The number of benzene rings is 2. The highest BCUT2D eigenvalue weighted by atomic mass is 16.5. The van der Waals surface area contributed by atoms with E-state index in [9.17, 15) is 4.79 Å². The maximum Gasteiger partial charge on any atom is 0.338 e. The molecule has 0 radical (unpaired) electrons. The molecule has 0 aliphatic carbocycles. The number of ether oxygens (including phenoxy) is 5. The van der Waals surface area contributed by atoms with Crippen molar-refractivity contribution in [3.63, 3.8) is 0 Å². The monoisotopic (exact) mass is 425 g/mol. The largest absolute Gasteiger partial charge is 0.493 e. The molecule has 4 rings (SSSR count). The van der Waals surface area contributed by atoms with Crippen LogP contribution in [0.1, 0.15) is 28.5 Å². The van der Waals surface area contributed by atoms with Crippen LogP contribution in [0.2, 0.25) is 0 Å². The second kappa shape index (κ2) is 8.59. The predicted molar refractivity (Wildman–Crippen MR) is 111 cm³/mol. The fourth-order valence-corrected chi connectivity index (χ4v) is 3.51. The Hall–Kier alpha value is -3.68. The normalized spacial score (nSPS) is 14.5. The molecule has 3 aromatic rings. The zero-order valence-corrected chi connectivity index (χ0v) is 17.8. The van der Waals surface area contributed by atoms with Crippen molar-refractivity contribution in [2.24, 2.45) is 0 Å². The minimum absolute atomic E-state index is 0.0376. The number of carbonyl (C=O) groups is 1. The van der Waals surface area contributed by atoms with Crippen molar-refractivity contribution >= 4 is 5.97 Å². The smallest absolute Gasteiger partial charge is 0.338 e. The van der Waals surface area contributed by atoms with E-state index in [-0.39, 0.29) is 18.3 Å². The fourth-order valence-electron chi connectivity index (χ4n) is 3.51. The first-order chi connectivity index (χ1) is 15.0. The Morgan fingerprint density at radius 1 is 1.06 bits per heavy atom. The maximum atomic E-state index is 12.5. The lowest BCUT2D eigenvalue weighted by Crippen LogP contribution is -2.07. The van der Waals surface area contributed by atoms with Crippen molar-refractivity contribution in [3.05, 3.63) is 53.2 Å². The van der Waals surface area contributed by atoms with E-state index in [1.165, 1.54) is 33.5 Å². The van der Waals surface area contributed by atoms with E-state index in [1.54, 1.807) is 6.07 Å². The Labute approximate surface area is 179 Å². The fraction of sp³-hybridized carbons (Fsp3) is 0.304. The Morgan fingerprint density at radius 2 is 1.81 bits per heavy atom. The maximum absolute atomic E-state index is 12.5. The molecule has 162 valence electrons. The van der Waals surface area contributed by atoms with Gasteiger partial charge in [-0.3, -0.25) is 0 Å².